The van der Waals surface area contributed by atoms with E-state index in [0.29, 0.717) is 11.3 Å². The van der Waals surface area contributed by atoms with Crippen LogP contribution in [0.2, 0.25) is 0 Å². The zero-order valence-electron chi connectivity index (χ0n) is 15.3. The van der Waals surface area contributed by atoms with E-state index >= 15 is 0 Å². The first-order chi connectivity index (χ1) is 12.5. The Balaban J connectivity index is 1.87. The quantitative estimate of drug-likeness (QED) is 0.636. The van der Waals surface area contributed by atoms with Crippen molar-refractivity contribution in [1.82, 2.24) is 5.32 Å². The van der Waals surface area contributed by atoms with Crippen molar-refractivity contribution in [3.8, 4) is 0 Å². The molecule has 1 heterocycles. The average Bonchev–Trinajstić information content (AvgIpc) is 3.16. The normalized spacial score (nSPS) is 12.7. The average molecular weight is 345 g/mol. The summed E-state index contributed by atoms with van der Waals surface area (Å²) in [5, 5.41) is 3.10. The molecule has 0 bridgehead atoms. The Morgan fingerprint density at radius 2 is 1.77 bits per heavy atom. The SMILES string of the molecule is Cc1ccc([C@H](C)NC(=O)/C(=C/c2ccco2)c2ccccc2)cc1C. The summed E-state index contributed by atoms with van der Waals surface area (Å²) in [4.78, 5) is 13.0. The molecule has 26 heavy (non-hydrogen) atoms. The van der Waals surface area contributed by atoms with Gasteiger partial charge in [-0.15, -0.1) is 0 Å². The van der Waals surface area contributed by atoms with Crippen LogP contribution in [-0.4, -0.2) is 5.91 Å². The summed E-state index contributed by atoms with van der Waals surface area (Å²) >= 11 is 0. The maximum absolute atomic E-state index is 13.0. The minimum Gasteiger partial charge on any atom is -0.465 e. The van der Waals surface area contributed by atoms with Gasteiger partial charge in [0.05, 0.1) is 17.9 Å². The molecule has 0 unspecified atom stereocenters. The number of hydrogen-bond donors (Lipinski definition) is 1. The molecule has 3 nitrogen and oxygen atoms in total. The first kappa shape index (κ1) is 17.7. The fraction of sp³-hybridized carbons (Fsp3) is 0.174. The molecule has 3 aromatic rings. The summed E-state index contributed by atoms with van der Waals surface area (Å²) in [7, 11) is 0. The van der Waals surface area contributed by atoms with Gasteiger partial charge in [-0.05, 0) is 61.2 Å². The zero-order valence-corrected chi connectivity index (χ0v) is 15.3. The van der Waals surface area contributed by atoms with Gasteiger partial charge in [-0.3, -0.25) is 4.79 Å². The highest BCUT2D eigenvalue weighted by atomic mass is 16.3. The van der Waals surface area contributed by atoms with Gasteiger partial charge < -0.3 is 9.73 Å². The number of hydrogen-bond acceptors (Lipinski definition) is 2. The first-order valence-corrected chi connectivity index (χ1v) is 8.73. The van der Waals surface area contributed by atoms with Crippen molar-refractivity contribution in [3.05, 3.63) is 94.9 Å². The molecule has 0 aliphatic heterocycles. The molecule has 1 amide bonds. The molecule has 0 saturated heterocycles. The predicted molar refractivity (Wildman–Crippen MR) is 105 cm³/mol. The van der Waals surface area contributed by atoms with Gasteiger partial charge in [-0.1, -0.05) is 48.5 Å². The van der Waals surface area contributed by atoms with Crippen molar-refractivity contribution in [3.63, 3.8) is 0 Å². The minimum absolute atomic E-state index is 0.0921. The van der Waals surface area contributed by atoms with Gasteiger partial charge in [0.25, 0.3) is 5.91 Å². The number of furan rings is 1. The Morgan fingerprint density at radius 1 is 1.00 bits per heavy atom. The molecular weight excluding hydrogens is 322 g/mol. The van der Waals surface area contributed by atoms with Gasteiger partial charge in [0.2, 0.25) is 0 Å². The lowest BCUT2D eigenvalue weighted by Crippen LogP contribution is -2.27. The molecular formula is C23H23NO2. The fourth-order valence-corrected chi connectivity index (χ4v) is 2.81. The number of nitrogens with one attached hydrogen (secondary N) is 1. The van der Waals surface area contributed by atoms with Gasteiger partial charge in [0.15, 0.2) is 0 Å². The van der Waals surface area contributed by atoms with E-state index in [9.17, 15) is 4.79 Å². The maximum Gasteiger partial charge on any atom is 0.252 e. The minimum atomic E-state index is -0.127. The van der Waals surface area contributed by atoms with E-state index in [1.54, 1.807) is 12.3 Å². The van der Waals surface area contributed by atoms with E-state index in [2.05, 4.69) is 37.4 Å². The van der Waals surface area contributed by atoms with Gasteiger partial charge in [-0.25, -0.2) is 0 Å². The van der Waals surface area contributed by atoms with Crippen molar-refractivity contribution >= 4 is 17.6 Å². The summed E-state index contributed by atoms with van der Waals surface area (Å²) in [6, 6.07) is 19.5. The van der Waals surface area contributed by atoms with Crippen LogP contribution in [0.5, 0.6) is 0 Å². The third-order valence-electron chi connectivity index (χ3n) is 4.54. The third-order valence-corrected chi connectivity index (χ3v) is 4.54. The van der Waals surface area contributed by atoms with Gasteiger partial charge in [0, 0.05) is 0 Å². The van der Waals surface area contributed by atoms with Gasteiger partial charge in [0.1, 0.15) is 5.76 Å². The highest BCUT2D eigenvalue weighted by molar-refractivity contribution is 6.24. The lowest BCUT2D eigenvalue weighted by molar-refractivity contribution is -0.116. The second-order valence-corrected chi connectivity index (χ2v) is 6.48. The van der Waals surface area contributed by atoms with E-state index in [1.165, 1.54) is 11.1 Å². The molecule has 0 aliphatic rings. The van der Waals surface area contributed by atoms with Crippen LogP contribution >= 0.6 is 0 Å². The number of amides is 1. The van der Waals surface area contributed by atoms with Crippen LogP contribution in [0.3, 0.4) is 0 Å². The van der Waals surface area contributed by atoms with Crippen LogP contribution in [-0.2, 0) is 4.79 Å². The molecule has 0 fully saturated rings. The van der Waals surface area contributed by atoms with Gasteiger partial charge >= 0.3 is 0 Å². The van der Waals surface area contributed by atoms with E-state index in [1.807, 2.05) is 49.4 Å². The lowest BCUT2D eigenvalue weighted by atomic mass is 10.0. The van der Waals surface area contributed by atoms with E-state index in [4.69, 9.17) is 4.42 Å². The van der Waals surface area contributed by atoms with Crippen molar-refractivity contribution in [2.24, 2.45) is 0 Å². The Labute approximate surface area is 154 Å². The van der Waals surface area contributed by atoms with Crippen molar-refractivity contribution in [1.29, 1.82) is 0 Å². The summed E-state index contributed by atoms with van der Waals surface area (Å²) in [5.74, 6) is 0.524. The Kier molecular flexibility index (Phi) is 5.37. The largest absolute Gasteiger partial charge is 0.465 e. The molecule has 1 atom stereocenters. The molecule has 1 aromatic heterocycles. The van der Waals surface area contributed by atoms with E-state index in [-0.39, 0.29) is 11.9 Å². The summed E-state index contributed by atoms with van der Waals surface area (Å²) < 4.78 is 5.40. The van der Waals surface area contributed by atoms with Crippen LogP contribution < -0.4 is 5.32 Å². The second-order valence-electron chi connectivity index (χ2n) is 6.48. The smallest absolute Gasteiger partial charge is 0.252 e. The number of aryl methyl sites for hydroxylation is 2. The Bertz CT molecular complexity index is 909. The Morgan fingerprint density at radius 3 is 2.42 bits per heavy atom. The maximum atomic E-state index is 13.0. The van der Waals surface area contributed by atoms with Crippen molar-refractivity contribution in [2.75, 3.05) is 0 Å². The molecule has 132 valence electrons. The van der Waals surface area contributed by atoms with Crippen LogP contribution in [0.25, 0.3) is 11.6 Å². The standard InChI is InChI=1S/C23H23NO2/c1-16-11-12-20(14-17(16)2)18(3)24-23(25)22(15-21-10-7-13-26-21)19-8-5-4-6-9-19/h4-15,18H,1-3H3,(H,24,25)/b22-15+/t18-/m0/s1. The predicted octanol–water partition coefficient (Wildman–Crippen LogP) is 5.31. The molecule has 0 saturated carbocycles. The highest BCUT2D eigenvalue weighted by Crippen LogP contribution is 2.22. The fourth-order valence-electron chi connectivity index (χ4n) is 2.81. The molecule has 0 spiro atoms. The van der Waals surface area contributed by atoms with Crippen LogP contribution in [0, 0.1) is 13.8 Å². The van der Waals surface area contributed by atoms with Crippen molar-refractivity contribution < 1.29 is 9.21 Å². The molecule has 1 N–H and O–H groups in total. The number of carbonyl (C=O) groups is 1. The highest BCUT2D eigenvalue weighted by Gasteiger charge is 2.16. The van der Waals surface area contributed by atoms with Crippen molar-refractivity contribution in [2.45, 2.75) is 26.8 Å². The van der Waals surface area contributed by atoms with E-state index < -0.39 is 0 Å². The van der Waals surface area contributed by atoms with Crippen LogP contribution in [0.15, 0.2) is 71.3 Å². The molecule has 3 heteroatoms. The van der Waals surface area contributed by atoms with Crippen LogP contribution in [0.4, 0.5) is 0 Å². The monoisotopic (exact) mass is 345 g/mol. The number of rotatable bonds is 5. The third kappa shape index (κ3) is 4.12. The summed E-state index contributed by atoms with van der Waals surface area (Å²) in [6.07, 6.45) is 3.38. The van der Waals surface area contributed by atoms with E-state index in [0.717, 1.165) is 11.1 Å². The van der Waals surface area contributed by atoms with Crippen LogP contribution in [0.1, 0.15) is 41.0 Å². The molecule has 0 aliphatic carbocycles. The Hall–Kier alpha value is -3.07. The second kappa shape index (κ2) is 7.87. The first-order valence-electron chi connectivity index (χ1n) is 8.73. The topological polar surface area (TPSA) is 42.2 Å². The zero-order chi connectivity index (χ0) is 18.5. The molecule has 0 radical (unpaired) electrons. The molecule has 2 aromatic carbocycles. The number of carbonyl (C=O) groups excluding carboxylic acids is 1. The summed E-state index contributed by atoms with van der Waals surface area (Å²) in [5.41, 5.74) is 4.99. The summed E-state index contributed by atoms with van der Waals surface area (Å²) in [6.45, 7) is 6.17. The number of benzene rings is 2. The lowest BCUT2D eigenvalue weighted by Gasteiger charge is -2.17. The van der Waals surface area contributed by atoms with Gasteiger partial charge in [-0.2, -0.15) is 0 Å². The molecule has 3 rings (SSSR count).